The summed E-state index contributed by atoms with van der Waals surface area (Å²) in [5, 5.41) is 1.11. The second kappa shape index (κ2) is 8.11. The Balaban J connectivity index is 1.92. The van der Waals surface area contributed by atoms with Gasteiger partial charge in [-0.3, -0.25) is 14.2 Å². The molecule has 1 aliphatic heterocycles. The van der Waals surface area contributed by atoms with Crippen LogP contribution < -0.4 is 4.74 Å². The van der Waals surface area contributed by atoms with Crippen LogP contribution in [0.15, 0.2) is 42.5 Å². The van der Waals surface area contributed by atoms with E-state index in [-0.39, 0.29) is 11.9 Å². The number of hydrogen-bond acceptors (Lipinski definition) is 4. The summed E-state index contributed by atoms with van der Waals surface area (Å²) in [4.78, 5) is 24.5. The van der Waals surface area contributed by atoms with E-state index < -0.39 is 0 Å². The van der Waals surface area contributed by atoms with Gasteiger partial charge in [-0.1, -0.05) is 6.07 Å². The molecule has 0 saturated heterocycles. The molecule has 3 aromatic rings. The average Bonchev–Trinajstić information content (AvgIpc) is 3.04. The summed E-state index contributed by atoms with van der Waals surface area (Å²) >= 11 is 0. The van der Waals surface area contributed by atoms with Crippen LogP contribution in [0.3, 0.4) is 0 Å². The maximum absolute atomic E-state index is 12.7. The fraction of sp³-hybridized carbons (Fsp3) is 0.333. The number of esters is 1. The van der Waals surface area contributed by atoms with E-state index in [0.717, 1.165) is 58.3 Å². The van der Waals surface area contributed by atoms with Gasteiger partial charge in [0.1, 0.15) is 5.75 Å². The third-order valence-corrected chi connectivity index (χ3v) is 5.53. The highest BCUT2D eigenvalue weighted by atomic mass is 16.5. The number of cyclic esters (lactones) is 1. The number of fused-ring (bicyclic) bond motifs is 1. The van der Waals surface area contributed by atoms with Crippen LogP contribution in [-0.4, -0.2) is 30.2 Å². The molecule has 5 nitrogen and oxygen atoms in total. The summed E-state index contributed by atoms with van der Waals surface area (Å²) in [6.07, 6.45) is 3.54. The Kier molecular flexibility index (Phi) is 5.38. The molecule has 29 heavy (non-hydrogen) atoms. The lowest BCUT2D eigenvalue weighted by molar-refractivity contribution is -0.143. The van der Waals surface area contributed by atoms with E-state index in [1.165, 1.54) is 0 Å². The Labute approximate surface area is 170 Å². The quantitative estimate of drug-likeness (QED) is 0.590. The maximum Gasteiger partial charge on any atom is 0.305 e. The molecule has 0 saturated carbocycles. The Morgan fingerprint density at radius 1 is 1.03 bits per heavy atom. The van der Waals surface area contributed by atoms with Crippen molar-refractivity contribution in [2.75, 3.05) is 13.7 Å². The molecule has 0 unspecified atom stereocenters. The first-order valence-corrected chi connectivity index (χ1v) is 10.1. The number of benzene rings is 2. The summed E-state index contributed by atoms with van der Waals surface area (Å²) in [6.45, 7) is 1.99. The standard InChI is InChI=1S/C24H25NO4/c1-16(26)25-22-12-7-17-13-14-29-23(27)6-4-3-5-20(21(22)15-17)24(25)18-8-10-19(28-2)11-9-18/h7-12,15H,3-6,13-14H2,1-2H3. The molecule has 150 valence electrons. The number of aryl methyl sites for hydroxylation is 1. The molecule has 0 amide bonds. The number of nitrogens with zero attached hydrogens (tertiary/aromatic N) is 1. The van der Waals surface area contributed by atoms with Gasteiger partial charge in [0, 0.05) is 25.2 Å². The number of ether oxygens (including phenoxy) is 2. The zero-order chi connectivity index (χ0) is 20.4. The number of hydrogen-bond donors (Lipinski definition) is 0. The van der Waals surface area contributed by atoms with Crippen molar-refractivity contribution in [3.05, 3.63) is 53.6 Å². The van der Waals surface area contributed by atoms with Crippen LogP contribution in [0.5, 0.6) is 5.75 Å². The van der Waals surface area contributed by atoms with Gasteiger partial charge in [-0.2, -0.15) is 0 Å². The normalized spacial score (nSPS) is 14.9. The summed E-state index contributed by atoms with van der Waals surface area (Å²) in [5.74, 6) is 0.634. The van der Waals surface area contributed by atoms with E-state index >= 15 is 0 Å². The Morgan fingerprint density at radius 3 is 2.52 bits per heavy atom. The molecule has 1 aliphatic rings. The molecule has 0 atom stereocenters. The number of carbonyl (C=O) groups is 2. The first kappa shape index (κ1) is 19.2. The van der Waals surface area contributed by atoms with Crippen molar-refractivity contribution < 1.29 is 19.1 Å². The van der Waals surface area contributed by atoms with Crippen molar-refractivity contribution in [1.29, 1.82) is 0 Å². The zero-order valence-corrected chi connectivity index (χ0v) is 16.9. The second-order valence-corrected chi connectivity index (χ2v) is 7.44. The van der Waals surface area contributed by atoms with Crippen LogP contribution >= 0.6 is 0 Å². The molecule has 2 heterocycles. The van der Waals surface area contributed by atoms with Gasteiger partial charge in [0.25, 0.3) is 0 Å². The van der Waals surface area contributed by atoms with E-state index in [2.05, 4.69) is 6.07 Å². The molecule has 1 aromatic heterocycles. The Hall–Kier alpha value is -3.08. The van der Waals surface area contributed by atoms with Gasteiger partial charge < -0.3 is 9.47 Å². The first-order valence-electron chi connectivity index (χ1n) is 10.1. The van der Waals surface area contributed by atoms with Gasteiger partial charge in [0.05, 0.1) is 24.9 Å². The van der Waals surface area contributed by atoms with Crippen molar-refractivity contribution in [3.63, 3.8) is 0 Å². The fourth-order valence-electron chi connectivity index (χ4n) is 4.12. The SMILES string of the molecule is COc1ccc(-c2c3c4cc(ccc4n2C(C)=O)CCOC(=O)CCCC3)cc1. The minimum Gasteiger partial charge on any atom is -0.497 e. The fourth-order valence-corrected chi connectivity index (χ4v) is 4.12. The predicted molar refractivity (Wildman–Crippen MR) is 112 cm³/mol. The van der Waals surface area contributed by atoms with Gasteiger partial charge in [0.15, 0.2) is 0 Å². The lowest BCUT2D eigenvalue weighted by Gasteiger charge is -2.11. The predicted octanol–water partition coefficient (Wildman–Crippen LogP) is 4.79. The minimum atomic E-state index is -0.136. The molecule has 0 radical (unpaired) electrons. The van der Waals surface area contributed by atoms with Gasteiger partial charge in [-0.05, 0) is 72.4 Å². The van der Waals surface area contributed by atoms with E-state index in [1.54, 1.807) is 14.0 Å². The summed E-state index contributed by atoms with van der Waals surface area (Å²) in [7, 11) is 1.64. The van der Waals surface area contributed by atoms with Crippen molar-refractivity contribution in [3.8, 4) is 17.0 Å². The summed E-state index contributed by atoms with van der Waals surface area (Å²) < 4.78 is 12.4. The topological polar surface area (TPSA) is 57.5 Å². The van der Waals surface area contributed by atoms with Crippen molar-refractivity contribution in [1.82, 2.24) is 4.57 Å². The summed E-state index contributed by atoms with van der Waals surface area (Å²) in [6, 6.07) is 14.0. The van der Waals surface area contributed by atoms with Gasteiger partial charge in [-0.15, -0.1) is 0 Å². The van der Waals surface area contributed by atoms with E-state index in [1.807, 2.05) is 41.0 Å². The van der Waals surface area contributed by atoms with Gasteiger partial charge >= 0.3 is 5.97 Å². The lowest BCUT2D eigenvalue weighted by atomic mass is 9.98. The molecule has 2 aromatic carbocycles. The molecule has 5 heteroatoms. The van der Waals surface area contributed by atoms with Crippen molar-refractivity contribution in [2.24, 2.45) is 0 Å². The van der Waals surface area contributed by atoms with E-state index in [9.17, 15) is 9.59 Å². The highest BCUT2D eigenvalue weighted by Crippen LogP contribution is 2.36. The highest BCUT2D eigenvalue weighted by molar-refractivity contribution is 6.01. The minimum absolute atomic E-state index is 0.0114. The van der Waals surface area contributed by atoms with Crippen LogP contribution in [0.2, 0.25) is 0 Å². The second-order valence-electron chi connectivity index (χ2n) is 7.44. The van der Waals surface area contributed by atoms with Crippen LogP contribution in [0.1, 0.15) is 42.1 Å². The van der Waals surface area contributed by atoms with Crippen LogP contribution in [0.4, 0.5) is 0 Å². The number of carbonyl (C=O) groups excluding carboxylic acids is 2. The molecule has 0 aliphatic carbocycles. The third-order valence-electron chi connectivity index (χ3n) is 5.53. The Bertz CT molecular complexity index is 1060. The zero-order valence-electron chi connectivity index (χ0n) is 16.9. The average molecular weight is 391 g/mol. The largest absolute Gasteiger partial charge is 0.497 e. The molecule has 4 rings (SSSR count). The van der Waals surface area contributed by atoms with E-state index in [4.69, 9.17) is 9.47 Å². The van der Waals surface area contributed by atoms with Gasteiger partial charge in [-0.25, -0.2) is 0 Å². The molecule has 2 bridgehead atoms. The number of rotatable bonds is 2. The molecular weight excluding hydrogens is 366 g/mol. The highest BCUT2D eigenvalue weighted by Gasteiger charge is 2.21. The molecule has 0 fully saturated rings. The summed E-state index contributed by atoms with van der Waals surface area (Å²) in [5.41, 5.74) is 5.12. The smallest absolute Gasteiger partial charge is 0.305 e. The number of aromatic nitrogens is 1. The number of methoxy groups -OCH3 is 1. The molecular formula is C24H25NO4. The molecule has 0 spiro atoms. The van der Waals surface area contributed by atoms with Crippen LogP contribution in [0, 0.1) is 0 Å². The Morgan fingerprint density at radius 2 is 1.79 bits per heavy atom. The third kappa shape index (κ3) is 3.77. The van der Waals surface area contributed by atoms with Crippen LogP contribution in [-0.2, 0) is 22.4 Å². The first-order chi connectivity index (χ1) is 14.1. The van der Waals surface area contributed by atoms with Crippen molar-refractivity contribution in [2.45, 2.75) is 39.0 Å². The monoisotopic (exact) mass is 391 g/mol. The van der Waals surface area contributed by atoms with Gasteiger partial charge in [0.2, 0.25) is 5.91 Å². The van der Waals surface area contributed by atoms with E-state index in [0.29, 0.717) is 19.4 Å². The van der Waals surface area contributed by atoms with Crippen molar-refractivity contribution >= 4 is 22.8 Å². The maximum atomic E-state index is 12.7. The lowest BCUT2D eigenvalue weighted by Crippen LogP contribution is -2.08. The molecule has 0 N–H and O–H groups in total. The van der Waals surface area contributed by atoms with Crippen LogP contribution in [0.25, 0.3) is 22.2 Å².